The molecule has 1 saturated carbocycles. The average Bonchev–Trinajstić information content (AvgIpc) is 0.762. The second kappa shape index (κ2) is 56.1. The summed E-state index contributed by atoms with van der Waals surface area (Å²) in [4.78, 5) is 51.0. The molecule has 0 amide bonds. The van der Waals surface area contributed by atoms with E-state index in [2.05, 4.69) is 32.9 Å². The fourth-order valence-corrected chi connectivity index (χ4v) is 13.9. The van der Waals surface area contributed by atoms with Crippen molar-refractivity contribution in [1.29, 1.82) is 0 Å². The molecule has 18 unspecified atom stereocenters. The van der Waals surface area contributed by atoms with E-state index in [-0.39, 0.29) is 19.3 Å². The summed E-state index contributed by atoms with van der Waals surface area (Å²) in [6, 6.07) is 0. The van der Waals surface area contributed by atoms with Gasteiger partial charge in [-0.05, 0) is 44.9 Å². The number of phosphoric acid groups is 1. The fourth-order valence-electron chi connectivity index (χ4n) is 12.9. The molecule has 0 bridgehead atoms. The third kappa shape index (κ3) is 39.0. The van der Waals surface area contributed by atoms with E-state index in [0.29, 0.717) is 25.7 Å². The Labute approximate surface area is 592 Å². The largest absolute Gasteiger partial charge is 0.472 e. The van der Waals surface area contributed by atoms with Crippen molar-refractivity contribution in [3.63, 3.8) is 0 Å². The van der Waals surface area contributed by atoms with Gasteiger partial charge in [-0.15, -0.1) is 0 Å². The van der Waals surface area contributed by atoms with Crippen LogP contribution in [0.3, 0.4) is 0 Å². The summed E-state index contributed by atoms with van der Waals surface area (Å²) in [5, 5.41) is 110. The quantitative estimate of drug-likeness (QED) is 0.00886. The molecule has 0 aromatic heterocycles. The lowest BCUT2D eigenvalue weighted by Gasteiger charge is -2.49. The number of carbonyl (C=O) groups is 3. The minimum atomic E-state index is -5.70. The number of phosphoric ester groups is 1. The molecule has 0 aromatic carbocycles. The van der Waals surface area contributed by atoms with Crippen LogP contribution < -0.4 is 0 Å². The first kappa shape index (κ1) is 90.9. The minimum absolute atomic E-state index is 0.0317. The third-order valence-electron chi connectivity index (χ3n) is 19.3. The second-order valence-electron chi connectivity index (χ2n) is 28.1. The molecule has 11 N–H and O–H groups in total. The first-order valence-electron chi connectivity index (χ1n) is 39.0. The highest BCUT2D eigenvalue weighted by molar-refractivity contribution is 7.47. The van der Waals surface area contributed by atoms with Crippen LogP contribution in [0.1, 0.15) is 310 Å². The van der Waals surface area contributed by atoms with Crippen LogP contribution in [-0.2, 0) is 61.2 Å². The smallest absolute Gasteiger partial charge is 0.463 e. The molecule has 24 nitrogen and oxygen atoms in total. The third-order valence-corrected chi connectivity index (χ3v) is 20.3. The van der Waals surface area contributed by atoms with Gasteiger partial charge in [0, 0.05) is 19.3 Å². The van der Waals surface area contributed by atoms with E-state index in [1.54, 1.807) is 0 Å². The van der Waals surface area contributed by atoms with Gasteiger partial charge >= 0.3 is 25.7 Å². The van der Waals surface area contributed by atoms with E-state index in [1.807, 2.05) is 0 Å². The van der Waals surface area contributed by atoms with Gasteiger partial charge in [0.2, 0.25) is 0 Å². The van der Waals surface area contributed by atoms with Crippen LogP contribution in [0.5, 0.6) is 0 Å². The molecule has 18 atom stereocenters. The van der Waals surface area contributed by atoms with Crippen molar-refractivity contribution in [3.8, 4) is 0 Å². The first-order valence-corrected chi connectivity index (χ1v) is 40.5. The Morgan fingerprint density at radius 3 is 1.10 bits per heavy atom. The van der Waals surface area contributed by atoms with Gasteiger partial charge in [0.1, 0.15) is 98.7 Å². The van der Waals surface area contributed by atoms with Crippen LogP contribution in [-0.4, -0.2) is 204 Å². The minimum Gasteiger partial charge on any atom is -0.463 e. The standard InChI is InChI=1S/C74H137O24P/c1-4-7-10-13-16-19-22-25-27-28-29-32-34-36-39-42-45-48-58(76)90-52-55(93-60(78)50-47-44-41-38-35-31-26-23-20-17-14-11-8-5-2)53-92-99(88,89)98-72-70(96-73-68(86)63(81)61(79)56(51-75)94-73)66(84)65(83)67(85)71(72)97-74-69(87)64(82)62(80)57(95-74)54-91-59(77)49-46-43-40-37-33-30-24-21-18-15-12-9-6-3/h31,35,55-57,61-75,79-87H,4-30,32-34,36-54H2,1-3H3,(H,88,89)/b35-31-. The Hall–Kier alpha value is -2.30. The zero-order chi connectivity index (χ0) is 72.5. The summed E-state index contributed by atoms with van der Waals surface area (Å²) >= 11 is 0. The number of allylic oxidation sites excluding steroid dienone is 2. The van der Waals surface area contributed by atoms with Crippen LogP contribution in [0, 0.1) is 0 Å². The van der Waals surface area contributed by atoms with Crippen LogP contribution in [0.25, 0.3) is 0 Å². The number of aliphatic hydroxyl groups excluding tert-OH is 10. The van der Waals surface area contributed by atoms with Crippen LogP contribution in [0.4, 0.5) is 0 Å². The average molecular weight is 1440 g/mol. The van der Waals surface area contributed by atoms with Gasteiger partial charge in [-0.2, -0.15) is 0 Å². The SMILES string of the molecule is CCCCCCCCC/C=C\CCCCCC(=O)OC(COC(=O)CCCCCCCCCCCCCCCCCCC)COP(=O)(O)OC1C(OC2OC(CO)C(O)C(O)C2O)C(O)C(O)C(O)C1OC1OC(COC(=O)CCCCCCCCCCCCCCC)C(O)C(O)C1O. The second-order valence-corrected chi connectivity index (χ2v) is 29.5. The predicted molar refractivity (Wildman–Crippen MR) is 375 cm³/mol. The molecule has 0 spiro atoms. The van der Waals surface area contributed by atoms with E-state index in [4.69, 9.17) is 42.2 Å². The van der Waals surface area contributed by atoms with Crippen molar-refractivity contribution in [2.45, 2.75) is 414 Å². The zero-order valence-corrected chi connectivity index (χ0v) is 61.7. The Bertz CT molecular complexity index is 2090. The van der Waals surface area contributed by atoms with E-state index in [0.717, 1.165) is 83.5 Å². The highest BCUT2D eigenvalue weighted by Crippen LogP contribution is 2.49. The number of esters is 3. The number of unbranched alkanes of at least 4 members (excludes halogenated alkanes) is 38. The van der Waals surface area contributed by atoms with Crippen molar-refractivity contribution >= 4 is 25.7 Å². The maximum atomic E-state index is 14.3. The molecular formula is C74H137O24P. The Morgan fingerprint density at radius 2 is 0.707 bits per heavy atom. The number of aliphatic hydroxyl groups is 10. The Balaban J connectivity index is 1.72. The molecular weight excluding hydrogens is 1300 g/mol. The van der Waals surface area contributed by atoms with Gasteiger partial charge in [-0.1, -0.05) is 258 Å². The highest BCUT2D eigenvalue weighted by atomic mass is 31.2. The van der Waals surface area contributed by atoms with Crippen molar-refractivity contribution in [2.75, 3.05) is 26.4 Å². The van der Waals surface area contributed by atoms with Gasteiger partial charge in [0.05, 0.1) is 13.2 Å². The molecule has 3 rings (SSSR count). The Morgan fingerprint density at radius 1 is 0.384 bits per heavy atom. The fraction of sp³-hybridized carbons (Fsp3) is 0.932. The summed E-state index contributed by atoms with van der Waals surface area (Å²) in [5.74, 6) is -2.00. The molecule has 3 fully saturated rings. The number of hydrogen-bond acceptors (Lipinski definition) is 23. The molecule has 582 valence electrons. The zero-order valence-electron chi connectivity index (χ0n) is 60.8. The van der Waals surface area contributed by atoms with Gasteiger partial charge < -0.3 is 89.1 Å². The number of hydrogen-bond donors (Lipinski definition) is 11. The summed E-state index contributed by atoms with van der Waals surface area (Å²) in [7, 11) is -5.70. The van der Waals surface area contributed by atoms with E-state index in [9.17, 15) is 74.9 Å². The summed E-state index contributed by atoms with van der Waals surface area (Å²) in [6.07, 6.45) is 15.6. The molecule has 99 heavy (non-hydrogen) atoms. The molecule has 25 heteroatoms. The lowest BCUT2D eigenvalue weighted by Crippen LogP contribution is -2.69. The van der Waals surface area contributed by atoms with E-state index < -0.39 is 156 Å². The van der Waals surface area contributed by atoms with Crippen molar-refractivity contribution in [2.24, 2.45) is 0 Å². The van der Waals surface area contributed by atoms with Gasteiger partial charge in [0.25, 0.3) is 0 Å². The lowest BCUT2D eigenvalue weighted by atomic mass is 9.84. The first-order chi connectivity index (χ1) is 47.8. The van der Waals surface area contributed by atoms with Crippen LogP contribution in [0.15, 0.2) is 12.2 Å². The maximum Gasteiger partial charge on any atom is 0.472 e. The predicted octanol–water partition coefficient (Wildman–Crippen LogP) is 11.1. The normalized spacial score (nSPS) is 27.5. The number of carbonyl (C=O) groups excluding carboxylic acids is 3. The summed E-state index contributed by atoms with van der Waals surface area (Å²) in [5.41, 5.74) is 0. The topological polar surface area (TPSA) is 374 Å². The maximum absolute atomic E-state index is 14.3. The van der Waals surface area contributed by atoms with E-state index in [1.165, 1.54) is 161 Å². The number of ether oxygens (including phenoxy) is 7. The molecule has 0 aromatic rings. The molecule has 2 saturated heterocycles. The van der Waals surface area contributed by atoms with Crippen molar-refractivity contribution < 1.29 is 117 Å². The van der Waals surface area contributed by atoms with Crippen molar-refractivity contribution in [3.05, 3.63) is 12.2 Å². The number of rotatable bonds is 61. The highest BCUT2D eigenvalue weighted by Gasteiger charge is 2.58. The molecule has 0 radical (unpaired) electrons. The van der Waals surface area contributed by atoms with Gasteiger partial charge in [-0.3, -0.25) is 23.4 Å². The molecule has 3 aliphatic rings. The van der Waals surface area contributed by atoms with Crippen LogP contribution >= 0.6 is 7.82 Å². The monoisotopic (exact) mass is 1440 g/mol. The van der Waals surface area contributed by atoms with Gasteiger partial charge in [0.15, 0.2) is 18.7 Å². The molecule has 2 heterocycles. The van der Waals surface area contributed by atoms with E-state index >= 15 is 0 Å². The molecule has 1 aliphatic carbocycles. The summed E-state index contributed by atoms with van der Waals surface area (Å²) in [6.45, 7) is 3.45. The van der Waals surface area contributed by atoms with Crippen LogP contribution in [0.2, 0.25) is 0 Å². The Kier molecular flexibility index (Phi) is 51.5. The lowest BCUT2D eigenvalue weighted by molar-refractivity contribution is -0.360. The van der Waals surface area contributed by atoms with Gasteiger partial charge in [-0.25, -0.2) is 4.57 Å². The summed E-state index contributed by atoms with van der Waals surface area (Å²) < 4.78 is 65.1. The van der Waals surface area contributed by atoms with Crippen molar-refractivity contribution in [1.82, 2.24) is 0 Å². The molecule has 2 aliphatic heterocycles.